The molecule has 0 amide bonds. The van der Waals surface area contributed by atoms with Crippen molar-refractivity contribution in [3.8, 4) is 6.07 Å². The normalized spacial score (nSPS) is 11.1. The lowest BCUT2D eigenvalue weighted by Gasteiger charge is -2.19. The molecule has 2 nitrogen and oxygen atoms in total. The third kappa shape index (κ3) is 2.17. The first-order valence-electron chi connectivity index (χ1n) is 4.13. The molecule has 0 saturated heterocycles. The van der Waals surface area contributed by atoms with Crippen molar-refractivity contribution in [1.82, 2.24) is 4.98 Å². The first-order valence-corrected chi connectivity index (χ1v) is 4.88. The molecule has 0 unspecified atom stereocenters. The first kappa shape index (κ1) is 11.3. The smallest absolute Gasteiger partial charge is 0.148 e. The largest absolute Gasteiger partial charge is 0.238 e. The summed E-state index contributed by atoms with van der Waals surface area (Å²) in [7, 11) is 0. The Balaban J connectivity index is 3.45. The Kier molecular flexibility index (Phi) is 3.04. The van der Waals surface area contributed by atoms with Crippen molar-refractivity contribution in [1.29, 1.82) is 5.26 Å². The molecule has 1 aromatic heterocycles. The molecule has 0 bridgehead atoms. The minimum atomic E-state index is -0.209. The molecule has 0 saturated carbocycles. The number of nitriles is 1. The van der Waals surface area contributed by atoms with Gasteiger partial charge in [0.05, 0.1) is 16.3 Å². The first-order chi connectivity index (χ1) is 6.36. The van der Waals surface area contributed by atoms with Crippen LogP contribution in [0.25, 0.3) is 0 Å². The van der Waals surface area contributed by atoms with Crippen LogP contribution in [0.4, 0.5) is 0 Å². The molecule has 1 rings (SSSR count). The van der Waals surface area contributed by atoms with Crippen molar-refractivity contribution in [2.75, 3.05) is 0 Å². The molecule has 0 N–H and O–H groups in total. The Labute approximate surface area is 93.5 Å². The molecule has 0 radical (unpaired) electrons. The summed E-state index contributed by atoms with van der Waals surface area (Å²) in [5.41, 5.74) is 0.945. The van der Waals surface area contributed by atoms with Crippen LogP contribution in [-0.2, 0) is 5.41 Å². The molecule has 0 spiro atoms. The molecule has 14 heavy (non-hydrogen) atoms. The number of hydrogen-bond donors (Lipinski definition) is 0. The average Bonchev–Trinajstić information content (AvgIpc) is 2.07. The molecule has 0 aliphatic heterocycles. The van der Waals surface area contributed by atoms with Gasteiger partial charge in [-0.05, 0) is 6.07 Å². The van der Waals surface area contributed by atoms with Crippen molar-refractivity contribution in [2.45, 2.75) is 26.2 Å². The molecule has 0 aliphatic carbocycles. The van der Waals surface area contributed by atoms with Gasteiger partial charge in [-0.2, -0.15) is 5.26 Å². The van der Waals surface area contributed by atoms with Crippen LogP contribution in [0.3, 0.4) is 0 Å². The second-order valence-corrected chi connectivity index (χ2v) is 4.78. The van der Waals surface area contributed by atoms with Gasteiger partial charge >= 0.3 is 0 Å². The number of pyridine rings is 1. The van der Waals surface area contributed by atoms with Gasteiger partial charge < -0.3 is 0 Å². The van der Waals surface area contributed by atoms with Gasteiger partial charge in [0, 0.05) is 5.41 Å². The predicted octanol–water partition coefficient (Wildman–Crippen LogP) is 3.56. The molecule has 1 aromatic rings. The van der Waals surface area contributed by atoms with Gasteiger partial charge in [-0.1, -0.05) is 44.0 Å². The average molecular weight is 229 g/mol. The van der Waals surface area contributed by atoms with Gasteiger partial charge in [-0.15, -0.1) is 0 Å². The molecule has 4 heteroatoms. The molecular formula is C10H10Cl2N2. The SMILES string of the molecule is CC(C)(C)c1nc(Cl)c(Cl)cc1C#N. The molecule has 1 heterocycles. The highest BCUT2D eigenvalue weighted by atomic mass is 35.5. The lowest BCUT2D eigenvalue weighted by molar-refractivity contribution is 0.567. The van der Waals surface area contributed by atoms with E-state index in [0.29, 0.717) is 16.3 Å². The highest BCUT2D eigenvalue weighted by Crippen LogP contribution is 2.29. The summed E-state index contributed by atoms with van der Waals surface area (Å²) in [5, 5.41) is 9.47. The van der Waals surface area contributed by atoms with Crippen LogP contribution in [0, 0.1) is 11.3 Å². The van der Waals surface area contributed by atoms with Crippen molar-refractivity contribution in [3.63, 3.8) is 0 Å². The molecule has 74 valence electrons. The van der Waals surface area contributed by atoms with E-state index in [1.54, 1.807) is 6.07 Å². The zero-order valence-corrected chi connectivity index (χ0v) is 9.74. The maximum absolute atomic E-state index is 8.91. The summed E-state index contributed by atoms with van der Waals surface area (Å²) in [4.78, 5) is 4.13. The third-order valence-electron chi connectivity index (χ3n) is 1.76. The number of halogens is 2. The van der Waals surface area contributed by atoms with E-state index in [1.165, 1.54) is 0 Å². The number of aromatic nitrogens is 1. The Morgan fingerprint density at radius 3 is 2.36 bits per heavy atom. The topological polar surface area (TPSA) is 36.7 Å². The third-order valence-corrected chi connectivity index (χ3v) is 2.44. The van der Waals surface area contributed by atoms with E-state index in [1.807, 2.05) is 20.8 Å². The molecule has 0 aromatic carbocycles. The summed E-state index contributed by atoms with van der Waals surface area (Å²) in [6.07, 6.45) is 0. The quantitative estimate of drug-likeness (QED) is 0.637. The summed E-state index contributed by atoms with van der Waals surface area (Å²) < 4.78 is 0. The summed E-state index contributed by atoms with van der Waals surface area (Å²) in [5.74, 6) is 0. The van der Waals surface area contributed by atoms with Crippen LogP contribution in [0.2, 0.25) is 10.2 Å². The highest BCUT2D eigenvalue weighted by Gasteiger charge is 2.21. The van der Waals surface area contributed by atoms with Crippen molar-refractivity contribution in [2.24, 2.45) is 0 Å². The van der Waals surface area contributed by atoms with Crippen LogP contribution < -0.4 is 0 Å². The van der Waals surface area contributed by atoms with Gasteiger partial charge in [0.15, 0.2) is 0 Å². The van der Waals surface area contributed by atoms with E-state index in [-0.39, 0.29) is 10.6 Å². The molecule has 0 fully saturated rings. The van der Waals surface area contributed by atoms with Crippen LogP contribution in [-0.4, -0.2) is 4.98 Å². The monoisotopic (exact) mass is 228 g/mol. The number of hydrogen-bond acceptors (Lipinski definition) is 2. The van der Waals surface area contributed by atoms with Crippen LogP contribution in [0.1, 0.15) is 32.0 Å². The Hall–Kier alpha value is -0.780. The Bertz CT molecular complexity index is 400. The summed E-state index contributed by atoms with van der Waals surface area (Å²) >= 11 is 11.6. The van der Waals surface area contributed by atoms with Crippen LogP contribution >= 0.6 is 23.2 Å². The van der Waals surface area contributed by atoms with E-state index in [9.17, 15) is 0 Å². The maximum atomic E-state index is 8.91. The number of nitrogens with zero attached hydrogens (tertiary/aromatic N) is 2. The van der Waals surface area contributed by atoms with Gasteiger partial charge in [-0.25, -0.2) is 4.98 Å². The minimum absolute atomic E-state index is 0.209. The fraction of sp³-hybridized carbons (Fsp3) is 0.400. The van der Waals surface area contributed by atoms with E-state index < -0.39 is 0 Å². The molecule has 0 atom stereocenters. The van der Waals surface area contributed by atoms with Gasteiger partial charge in [0.25, 0.3) is 0 Å². The lowest BCUT2D eigenvalue weighted by Crippen LogP contribution is -2.16. The zero-order valence-electron chi connectivity index (χ0n) is 8.23. The summed E-state index contributed by atoms with van der Waals surface area (Å²) in [6.45, 7) is 5.92. The predicted molar refractivity (Wildman–Crippen MR) is 57.7 cm³/mol. The van der Waals surface area contributed by atoms with E-state index >= 15 is 0 Å². The van der Waals surface area contributed by atoms with Crippen molar-refractivity contribution < 1.29 is 0 Å². The maximum Gasteiger partial charge on any atom is 0.148 e. The lowest BCUT2D eigenvalue weighted by atomic mass is 9.89. The molecular weight excluding hydrogens is 219 g/mol. The fourth-order valence-corrected chi connectivity index (χ4v) is 1.41. The molecule has 0 aliphatic rings. The van der Waals surface area contributed by atoms with Crippen molar-refractivity contribution in [3.05, 3.63) is 27.5 Å². The van der Waals surface area contributed by atoms with Gasteiger partial charge in [-0.3, -0.25) is 0 Å². The Morgan fingerprint density at radius 1 is 1.36 bits per heavy atom. The second kappa shape index (κ2) is 3.76. The van der Waals surface area contributed by atoms with Gasteiger partial charge in [0.2, 0.25) is 0 Å². The van der Waals surface area contributed by atoms with Crippen LogP contribution in [0.15, 0.2) is 6.07 Å². The van der Waals surface area contributed by atoms with Crippen molar-refractivity contribution >= 4 is 23.2 Å². The van der Waals surface area contributed by atoms with E-state index in [0.717, 1.165) is 0 Å². The van der Waals surface area contributed by atoms with Gasteiger partial charge in [0.1, 0.15) is 11.2 Å². The zero-order chi connectivity index (χ0) is 10.9. The Morgan fingerprint density at radius 2 is 1.93 bits per heavy atom. The number of rotatable bonds is 0. The van der Waals surface area contributed by atoms with E-state index in [4.69, 9.17) is 28.5 Å². The second-order valence-electron chi connectivity index (χ2n) is 4.02. The van der Waals surface area contributed by atoms with E-state index in [2.05, 4.69) is 11.1 Å². The fourth-order valence-electron chi connectivity index (χ4n) is 1.12. The summed E-state index contributed by atoms with van der Waals surface area (Å²) in [6, 6.07) is 3.62. The minimum Gasteiger partial charge on any atom is -0.238 e. The standard InChI is InChI=1S/C10H10Cl2N2/c1-10(2,3)8-6(5-13)4-7(11)9(12)14-8/h4H,1-3H3. The van der Waals surface area contributed by atoms with Crippen LogP contribution in [0.5, 0.6) is 0 Å². The highest BCUT2D eigenvalue weighted by molar-refractivity contribution is 6.41.